The molecule has 208 valence electrons. The molecule has 0 spiro atoms. The van der Waals surface area contributed by atoms with E-state index in [0.717, 1.165) is 19.3 Å². The molecular formula is C18H25F9O7S. The summed E-state index contributed by atoms with van der Waals surface area (Å²) in [6.45, 7) is 2.05. The summed E-state index contributed by atoms with van der Waals surface area (Å²) in [6, 6.07) is 0. The third-order valence-electron chi connectivity index (χ3n) is 4.69. The average Bonchev–Trinajstić information content (AvgIpc) is 2.75. The number of esters is 2. The second kappa shape index (κ2) is 14.3. The van der Waals surface area contributed by atoms with Crippen molar-refractivity contribution in [3.8, 4) is 0 Å². The van der Waals surface area contributed by atoms with Crippen molar-refractivity contribution >= 4 is 24.0 Å². The smallest absolute Gasteiger partial charge is 0.460 e. The number of carbonyl (C=O) groups excluding carboxylic acids is 2. The molecule has 0 amide bonds. The highest BCUT2D eigenvalue weighted by molar-refractivity contribution is 7.95. The summed E-state index contributed by atoms with van der Waals surface area (Å²) in [5.74, 6) is -22.5. The summed E-state index contributed by atoms with van der Waals surface area (Å²) >= 11 is -0.0690. The molecule has 35 heavy (non-hydrogen) atoms. The van der Waals surface area contributed by atoms with E-state index in [4.69, 9.17) is 9.99 Å². The van der Waals surface area contributed by atoms with Crippen molar-refractivity contribution in [3.05, 3.63) is 0 Å². The van der Waals surface area contributed by atoms with Crippen molar-refractivity contribution in [2.75, 3.05) is 13.2 Å². The van der Waals surface area contributed by atoms with Gasteiger partial charge in [0.25, 0.3) is 0 Å². The number of rotatable bonds is 17. The lowest BCUT2D eigenvalue weighted by Gasteiger charge is -2.33. The van der Waals surface area contributed by atoms with Crippen LogP contribution in [0.3, 0.4) is 0 Å². The maximum absolute atomic E-state index is 13.5. The van der Waals surface area contributed by atoms with Crippen LogP contribution in [-0.4, -0.2) is 59.6 Å². The third kappa shape index (κ3) is 9.84. The monoisotopic (exact) mass is 556 g/mol. The van der Waals surface area contributed by atoms with E-state index in [1.165, 1.54) is 0 Å². The average molecular weight is 556 g/mol. The molecule has 0 bridgehead atoms. The topological polar surface area (TPSA) is 91.3 Å². The van der Waals surface area contributed by atoms with Crippen molar-refractivity contribution in [3.63, 3.8) is 0 Å². The Morgan fingerprint density at radius 3 is 2.03 bits per heavy atom. The molecule has 17 heteroatoms. The summed E-state index contributed by atoms with van der Waals surface area (Å²) in [6.07, 6.45) is -7.06. The molecule has 0 aliphatic rings. The van der Waals surface area contributed by atoms with Crippen LogP contribution in [0.25, 0.3) is 0 Å². The van der Waals surface area contributed by atoms with Crippen molar-refractivity contribution in [1.29, 1.82) is 0 Å². The molecule has 0 aromatic carbocycles. The second-order valence-corrected chi connectivity index (χ2v) is 8.20. The van der Waals surface area contributed by atoms with E-state index in [9.17, 15) is 49.1 Å². The molecule has 0 aromatic heterocycles. The normalized spacial score (nSPS) is 15.0. The van der Waals surface area contributed by atoms with Gasteiger partial charge in [0, 0.05) is 0 Å². The van der Waals surface area contributed by atoms with Crippen molar-refractivity contribution in [2.45, 2.75) is 81.6 Å². The largest absolute Gasteiger partial charge is 0.465 e. The first kappa shape index (κ1) is 33.5. The lowest BCUT2D eigenvalue weighted by atomic mass is 10.0. The zero-order valence-corrected chi connectivity index (χ0v) is 19.3. The van der Waals surface area contributed by atoms with Gasteiger partial charge in [-0.1, -0.05) is 38.1 Å². The van der Waals surface area contributed by atoms with E-state index in [2.05, 4.69) is 14.1 Å². The summed E-state index contributed by atoms with van der Waals surface area (Å²) in [5, 5.41) is 9.64. The van der Waals surface area contributed by atoms with E-state index in [1.54, 1.807) is 0 Å². The summed E-state index contributed by atoms with van der Waals surface area (Å²) in [5.41, 5.74) is 0. The molecule has 0 radical (unpaired) electrons. The van der Waals surface area contributed by atoms with Crippen molar-refractivity contribution < 1.29 is 73.2 Å². The number of hydrogen-bond acceptors (Lipinski definition) is 8. The van der Waals surface area contributed by atoms with Gasteiger partial charge in [0.05, 0.1) is 38.1 Å². The van der Waals surface area contributed by atoms with Crippen LogP contribution in [0.1, 0.15) is 52.4 Å². The Balaban J connectivity index is 5.05. The molecule has 0 fully saturated rings. The molecule has 7 nitrogen and oxygen atoms in total. The van der Waals surface area contributed by atoms with Crippen LogP contribution >= 0.6 is 12.0 Å². The first-order chi connectivity index (χ1) is 16.0. The fourth-order valence-corrected chi connectivity index (χ4v) is 2.96. The molecule has 0 rings (SSSR count). The summed E-state index contributed by atoms with van der Waals surface area (Å²) < 4.78 is 129. The molecule has 0 aromatic rings. The fourth-order valence-electron chi connectivity index (χ4n) is 2.48. The summed E-state index contributed by atoms with van der Waals surface area (Å²) in [4.78, 5) is 24.0. The SMILES string of the molecule is CCCCC(CC)COC(=O)CC(SOOO)C(=O)OCCC(F)(F)C(F)(F)C(F)(F)C(F)(F)F. The number of alkyl halides is 9. The van der Waals surface area contributed by atoms with Crippen LogP contribution in [0.2, 0.25) is 0 Å². The Morgan fingerprint density at radius 1 is 0.943 bits per heavy atom. The van der Waals surface area contributed by atoms with Gasteiger partial charge in [-0.05, 0) is 12.3 Å². The van der Waals surface area contributed by atoms with Crippen LogP contribution in [0.5, 0.6) is 0 Å². The Labute approximate surface area is 198 Å². The Hall–Kier alpha value is -1.46. The summed E-state index contributed by atoms with van der Waals surface area (Å²) in [7, 11) is 0. The molecule has 1 N–H and O–H groups in total. The molecular weight excluding hydrogens is 531 g/mol. The zero-order valence-electron chi connectivity index (χ0n) is 18.5. The second-order valence-electron chi connectivity index (χ2n) is 7.30. The molecule has 2 unspecified atom stereocenters. The van der Waals surface area contributed by atoms with E-state index in [-0.39, 0.29) is 24.6 Å². The predicted octanol–water partition coefficient (Wildman–Crippen LogP) is 5.98. The highest BCUT2D eigenvalue weighted by Gasteiger charge is 2.81. The van der Waals surface area contributed by atoms with Crippen molar-refractivity contribution in [2.24, 2.45) is 5.92 Å². The van der Waals surface area contributed by atoms with Crippen LogP contribution in [-0.2, 0) is 28.4 Å². The first-order valence-corrected chi connectivity index (χ1v) is 10.9. The zero-order chi connectivity index (χ0) is 27.5. The van der Waals surface area contributed by atoms with Gasteiger partial charge in [-0.2, -0.15) is 39.5 Å². The standard InChI is InChI=1S/C18H25F9O7S/c1-3-5-6-11(4-2)10-32-13(28)9-12(35-34-33-30)14(29)31-8-7-15(19,20)16(21,22)17(23,24)18(25,26)27/h11-12,30H,3-10H2,1-2H3. The molecule has 0 aliphatic carbocycles. The fraction of sp³-hybridized carbons (Fsp3) is 0.889. The van der Waals surface area contributed by atoms with E-state index >= 15 is 0 Å². The minimum Gasteiger partial charge on any atom is -0.465 e. The first-order valence-electron chi connectivity index (χ1n) is 10.1. The quantitative estimate of drug-likeness (QED) is 0.0770. The lowest BCUT2D eigenvalue weighted by Crippen LogP contribution is -2.61. The number of carbonyl (C=O) groups is 2. The van der Waals surface area contributed by atoms with Crippen LogP contribution in [0, 0.1) is 5.92 Å². The number of ether oxygens (including phenoxy) is 2. The van der Waals surface area contributed by atoms with Gasteiger partial charge in [0.1, 0.15) is 5.25 Å². The van der Waals surface area contributed by atoms with Gasteiger partial charge >= 0.3 is 35.9 Å². The van der Waals surface area contributed by atoms with Gasteiger partial charge < -0.3 is 9.47 Å². The van der Waals surface area contributed by atoms with E-state index in [1.807, 2.05) is 13.8 Å². The number of halogens is 9. The van der Waals surface area contributed by atoms with Gasteiger partial charge in [0.15, 0.2) is 0 Å². The molecule has 0 heterocycles. The van der Waals surface area contributed by atoms with Crippen LogP contribution in [0.4, 0.5) is 39.5 Å². The van der Waals surface area contributed by atoms with E-state index in [0.29, 0.717) is 6.42 Å². The van der Waals surface area contributed by atoms with Gasteiger partial charge in [-0.25, -0.2) is 5.26 Å². The lowest BCUT2D eigenvalue weighted by molar-refractivity contribution is -0.432. The maximum atomic E-state index is 13.5. The molecule has 0 aliphatic heterocycles. The Morgan fingerprint density at radius 2 is 1.54 bits per heavy atom. The van der Waals surface area contributed by atoms with E-state index < -0.39 is 60.6 Å². The molecule has 2 atom stereocenters. The number of unbranched alkanes of at least 4 members (excludes halogenated alkanes) is 1. The molecule has 0 saturated carbocycles. The van der Waals surface area contributed by atoms with Gasteiger partial charge in [-0.3, -0.25) is 9.59 Å². The van der Waals surface area contributed by atoms with Crippen molar-refractivity contribution in [1.82, 2.24) is 0 Å². The van der Waals surface area contributed by atoms with Gasteiger partial charge in [0.2, 0.25) is 0 Å². The Kier molecular flexibility index (Phi) is 13.7. The van der Waals surface area contributed by atoms with Crippen LogP contribution < -0.4 is 0 Å². The Bertz CT molecular complexity index is 663. The third-order valence-corrected chi connectivity index (χ3v) is 5.43. The minimum absolute atomic E-state index is 0.00713. The minimum atomic E-state index is -7.07. The maximum Gasteiger partial charge on any atom is 0.460 e. The van der Waals surface area contributed by atoms with Crippen LogP contribution in [0.15, 0.2) is 0 Å². The predicted molar refractivity (Wildman–Crippen MR) is 102 cm³/mol. The molecule has 0 saturated heterocycles. The highest BCUT2D eigenvalue weighted by Crippen LogP contribution is 2.54. The van der Waals surface area contributed by atoms with Gasteiger partial charge in [-0.15, -0.1) is 4.33 Å². The highest BCUT2D eigenvalue weighted by atomic mass is 32.2. The number of hydrogen-bond donors (Lipinski definition) is 1.